The van der Waals surface area contributed by atoms with Crippen LogP contribution in [0.3, 0.4) is 0 Å². The zero-order valence-corrected chi connectivity index (χ0v) is 8.06. The third kappa shape index (κ3) is 3.33. The molecule has 0 aliphatic heterocycles. The summed E-state index contributed by atoms with van der Waals surface area (Å²) in [5, 5.41) is 8.59. The first kappa shape index (κ1) is 11.7. The maximum Gasteiger partial charge on any atom is 0.573 e. The van der Waals surface area contributed by atoms with Gasteiger partial charge in [0.1, 0.15) is 11.8 Å². The molecule has 0 bridgehead atoms. The first-order valence-corrected chi connectivity index (χ1v) is 4.34. The normalized spacial score (nSPS) is 10.9. The molecule has 0 fully saturated rings. The zero-order chi connectivity index (χ0) is 11.5. The van der Waals surface area contributed by atoms with Crippen molar-refractivity contribution in [3.63, 3.8) is 0 Å². The SMILES string of the molecule is N#Cc1cc(CCl)ccc1OC(F)(F)F. The summed E-state index contributed by atoms with van der Waals surface area (Å²) in [6.45, 7) is 0. The van der Waals surface area contributed by atoms with Crippen LogP contribution in [0, 0.1) is 11.3 Å². The van der Waals surface area contributed by atoms with Crippen molar-refractivity contribution < 1.29 is 17.9 Å². The number of halogens is 4. The summed E-state index contributed by atoms with van der Waals surface area (Å²) >= 11 is 5.47. The van der Waals surface area contributed by atoms with Gasteiger partial charge in [0.2, 0.25) is 0 Å². The second-order valence-corrected chi connectivity index (χ2v) is 2.89. The molecule has 0 radical (unpaired) electrons. The zero-order valence-electron chi connectivity index (χ0n) is 7.31. The van der Waals surface area contributed by atoms with Gasteiger partial charge in [-0.1, -0.05) is 6.07 Å². The Bertz CT molecular complexity index is 397. The number of hydrogen-bond acceptors (Lipinski definition) is 2. The van der Waals surface area contributed by atoms with Gasteiger partial charge in [-0.25, -0.2) is 0 Å². The second-order valence-electron chi connectivity index (χ2n) is 2.62. The molecule has 0 atom stereocenters. The van der Waals surface area contributed by atoms with E-state index >= 15 is 0 Å². The second kappa shape index (κ2) is 4.41. The van der Waals surface area contributed by atoms with Crippen LogP contribution < -0.4 is 4.74 Å². The highest BCUT2D eigenvalue weighted by molar-refractivity contribution is 6.17. The molecule has 0 aromatic heterocycles. The van der Waals surface area contributed by atoms with Gasteiger partial charge in [0.05, 0.1) is 5.56 Å². The van der Waals surface area contributed by atoms with E-state index < -0.39 is 12.1 Å². The highest BCUT2D eigenvalue weighted by Gasteiger charge is 2.32. The summed E-state index contributed by atoms with van der Waals surface area (Å²) in [5.41, 5.74) is 0.369. The Labute approximate surface area is 88.8 Å². The highest BCUT2D eigenvalue weighted by Crippen LogP contribution is 2.27. The summed E-state index contributed by atoms with van der Waals surface area (Å²) in [7, 11) is 0. The minimum atomic E-state index is -4.80. The number of alkyl halides is 4. The Balaban J connectivity index is 3.04. The van der Waals surface area contributed by atoms with E-state index in [1.807, 2.05) is 0 Å². The molecule has 2 nitrogen and oxygen atoms in total. The van der Waals surface area contributed by atoms with Gasteiger partial charge in [-0.05, 0) is 17.7 Å². The molecule has 0 aliphatic carbocycles. The summed E-state index contributed by atoms with van der Waals surface area (Å²) in [6, 6.07) is 5.31. The first-order chi connectivity index (χ1) is 6.96. The van der Waals surface area contributed by atoms with Crippen LogP contribution >= 0.6 is 11.6 Å². The standard InChI is InChI=1S/C9H5ClF3NO/c10-4-6-1-2-8(7(3-6)5-14)15-9(11,12)13/h1-3H,4H2. The van der Waals surface area contributed by atoms with Gasteiger partial charge in [-0.2, -0.15) is 5.26 Å². The average Bonchev–Trinajstić information content (AvgIpc) is 2.16. The number of benzene rings is 1. The van der Waals surface area contributed by atoms with Crippen LogP contribution in [0.4, 0.5) is 13.2 Å². The van der Waals surface area contributed by atoms with Gasteiger partial charge < -0.3 is 4.74 Å². The van der Waals surface area contributed by atoms with Crippen LogP contribution in [0.15, 0.2) is 18.2 Å². The predicted octanol–water partition coefficient (Wildman–Crippen LogP) is 3.20. The first-order valence-electron chi connectivity index (χ1n) is 3.81. The molecule has 80 valence electrons. The predicted molar refractivity (Wildman–Crippen MR) is 47.4 cm³/mol. The molecule has 15 heavy (non-hydrogen) atoms. The molecular formula is C9H5ClF3NO. The summed E-state index contributed by atoms with van der Waals surface area (Å²) in [5.74, 6) is -0.389. The van der Waals surface area contributed by atoms with Crippen LogP contribution in [0.2, 0.25) is 0 Å². The third-order valence-electron chi connectivity index (χ3n) is 1.54. The van der Waals surface area contributed by atoms with Crippen molar-refractivity contribution in [3.8, 4) is 11.8 Å². The summed E-state index contributed by atoms with van der Waals surface area (Å²) < 4.78 is 39.3. The average molecular weight is 236 g/mol. The molecule has 1 rings (SSSR count). The fourth-order valence-corrected chi connectivity index (χ4v) is 1.13. The van der Waals surface area contributed by atoms with Crippen molar-refractivity contribution in [2.24, 2.45) is 0 Å². The maximum atomic E-state index is 11.9. The van der Waals surface area contributed by atoms with Crippen molar-refractivity contribution in [1.82, 2.24) is 0 Å². The number of nitriles is 1. The molecule has 1 aromatic rings. The minimum Gasteiger partial charge on any atom is -0.404 e. The summed E-state index contributed by atoms with van der Waals surface area (Å²) in [6.07, 6.45) is -4.80. The number of nitrogens with zero attached hydrogens (tertiary/aromatic N) is 1. The van der Waals surface area contributed by atoms with Gasteiger partial charge in [-0.3, -0.25) is 0 Å². The molecule has 0 saturated carbocycles. The number of ether oxygens (including phenoxy) is 1. The van der Waals surface area contributed by atoms with Crippen molar-refractivity contribution in [2.45, 2.75) is 12.2 Å². The molecule has 0 spiro atoms. The van der Waals surface area contributed by atoms with Crippen LogP contribution in [0.1, 0.15) is 11.1 Å². The lowest BCUT2D eigenvalue weighted by Gasteiger charge is -2.10. The molecule has 0 aliphatic rings. The molecule has 1 aromatic carbocycles. The van der Waals surface area contributed by atoms with E-state index in [9.17, 15) is 13.2 Å². The van der Waals surface area contributed by atoms with Gasteiger partial charge >= 0.3 is 6.36 Å². The molecular weight excluding hydrogens is 231 g/mol. The van der Waals surface area contributed by atoms with Crippen molar-refractivity contribution in [3.05, 3.63) is 29.3 Å². The van der Waals surface area contributed by atoms with E-state index in [2.05, 4.69) is 4.74 Å². The maximum absolute atomic E-state index is 11.9. The fourth-order valence-electron chi connectivity index (χ4n) is 0.961. The van der Waals surface area contributed by atoms with E-state index in [0.717, 1.165) is 6.07 Å². The quantitative estimate of drug-likeness (QED) is 0.738. The molecule has 0 N–H and O–H groups in total. The topological polar surface area (TPSA) is 33.0 Å². The van der Waals surface area contributed by atoms with E-state index in [1.165, 1.54) is 12.1 Å². The Hall–Kier alpha value is -1.41. The van der Waals surface area contributed by atoms with Crippen LogP contribution in [-0.4, -0.2) is 6.36 Å². The lowest BCUT2D eigenvalue weighted by molar-refractivity contribution is -0.274. The number of rotatable bonds is 2. The third-order valence-corrected chi connectivity index (χ3v) is 1.85. The fraction of sp³-hybridized carbons (Fsp3) is 0.222. The lowest BCUT2D eigenvalue weighted by atomic mass is 10.1. The number of hydrogen-bond donors (Lipinski definition) is 0. The molecule has 0 amide bonds. The largest absolute Gasteiger partial charge is 0.573 e. The molecule has 0 heterocycles. The Morgan fingerprint density at radius 2 is 2.07 bits per heavy atom. The molecule has 6 heteroatoms. The lowest BCUT2D eigenvalue weighted by Crippen LogP contribution is -2.17. The van der Waals surface area contributed by atoms with Crippen molar-refractivity contribution >= 4 is 11.6 Å². The smallest absolute Gasteiger partial charge is 0.404 e. The molecule has 0 unspecified atom stereocenters. The van der Waals surface area contributed by atoms with Crippen molar-refractivity contribution in [1.29, 1.82) is 5.26 Å². The van der Waals surface area contributed by atoms with Crippen LogP contribution in [-0.2, 0) is 5.88 Å². The van der Waals surface area contributed by atoms with E-state index in [0.29, 0.717) is 5.56 Å². The van der Waals surface area contributed by atoms with Crippen LogP contribution in [0.5, 0.6) is 5.75 Å². The van der Waals surface area contributed by atoms with Gasteiger partial charge in [0.25, 0.3) is 0 Å². The van der Waals surface area contributed by atoms with E-state index in [1.54, 1.807) is 6.07 Å². The molecule has 0 saturated heterocycles. The monoisotopic (exact) mass is 235 g/mol. The van der Waals surface area contributed by atoms with Gasteiger partial charge in [0, 0.05) is 5.88 Å². The van der Waals surface area contributed by atoms with Crippen LogP contribution in [0.25, 0.3) is 0 Å². The van der Waals surface area contributed by atoms with Crippen molar-refractivity contribution in [2.75, 3.05) is 0 Å². The van der Waals surface area contributed by atoms with Gasteiger partial charge in [0.15, 0.2) is 0 Å². The van der Waals surface area contributed by atoms with E-state index in [-0.39, 0.29) is 11.4 Å². The summed E-state index contributed by atoms with van der Waals surface area (Å²) in [4.78, 5) is 0. The van der Waals surface area contributed by atoms with Gasteiger partial charge in [-0.15, -0.1) is 24.8 Å². The Morgan fingerprint density at radius 1 is 1.40 bits per heavy atom. The van der Waals surface area contributed by atoms with E-state index in [4.69, 9.17) is 16.9 Å². The highest BCUT2D eigenvalue weighted by atomic mass is 35.5. The Morgan fingerprint density at radius 3 is 2.53 bits per heavy atom. The minimum absolute atomic E-state index is 0.126. The Kier molecular flexibility index (Phi) is 3.43.